The van der Waals surface area contributed by atoms with E-state index >= 15 is 0 Å². The summed E-state index contributed by atoms with van der Waals surface area (Å²) in [6.07, 6.45) is 7.60. The molecule has 0 bridgehead atoms. The molecule has 1 aromatic rings. The maximum Gasteiger partial charge on any atom is 0.0694 e. The van der Waals surface area contributed by atoms with Crippen LogP contribution in [0.5, 0.6) is 0 Å². The van der Waals surface area contributed by atoms with Crippen LogP contribution in [0, 0.1) is 0 Å². The van der Waals surface area contributed by atoms with E-state index in [1.54, 1.807) is 0 Å². The molecule has 1 aliphatic heterocycles. The Morgan fingerprint density at radius 1 is 1.25 bits per heavy atom. The standard InChI is InChI=1S/C16H30N4/c1-14(2)16-15(13-19(3)18-16)12-17-8-7-11-20-9-5-4-6-10-20/h13-14,17H,4-12H2,1-3H3. The van der Waals surface area contributed by atoms with Gasteiger partial charge in [-0.1, -0.05) is 20.3 Å². The minimum Gasteiger partial charge on any atom is -0.312 e. The van der Waals surface area contributed by atoms with Crippen molar-refractivity contribution in [3.05, 3.63) is 17.5 Å². The van der Waals surface area contributed by atoms with Crippen molar-refractivity contribution >= 4 is 0 Å². The van der Waals surface area contributed by atoms with Gasteiger partial charge in [0.05, 0.1) is 5.69 Å². The summed E-state index contributed by atoms with van der Waals surface area (Å²) in [6.45, 7) is 10.3. The SMILES string of the molecule is CC(C)c1nn(C)cc1CNCCCN1CCCCC1. The molecule has 1 aromatic heterocycles. The number of aromatic nitrogens is 2. The minimum atomic E-state index is 0.501. The molecule has 2 heterocycles. The number of aryl methyl sites for hydroxylation is 1. The highest BCUT2D eigenvalue weighted by Gasteiger charge is 2.11. The summed E-state index contributed by atoms with van der Waals surface area (Å²) in [4.78, 5) is 2.61. The van der Waals surface area contributed by atoms with Crippen LogP contribution >= 0.6 is 0 Å². The average Bonchev–Trinajstić information content (AvgIpc) is 2.81. The van der Waals surface area contributed by atoms with Crippen LogP contribution in [0.4, 0.5) is 0 Å². The smallest absolute Gasteiger partial charge is 0.0694 e. The Labute approximate surface area is 123 Å². The van der Waals surface area contributed by atoms with Gasteiger partial charge >= 0.3 is 0 Å². The third-order valence-corrected chi connectivity index (χ3v) is 4.08. The van der Waals surface area contributed by atoms with Crippen LogP contribution in [-0.4, -0.2) is 40.9 Å². The lowest BCUT2D eigenvalue weighted by Gasteiger charge is -2.26. The third-order valence-electron chi connectivity index (χ3n) is 4.08. The Balaban J connectivity index is 1.65. The van der Waals surface area contributed by atoms with E-state index in [2.05, 4.69) is 35.4 Å². The highest BCUT2D eigenvalue weighted by molar-refractivity contribution is 5.19. The Bertz CT molecular complexity index is 391. The molecular formula is C16H30N4. The Hall–Kier alpha value is -0.870. The molecule has 0 radical (unpaired) electrons. The Morgan fingerprint density at radius 3 is 2.70 bits per heavy atom. The summed E-state index contributed by atoms with van der Waals surface area (Å²) in [6, 6.07) is 0. The van der Waals surface area contributed by atoms with Crippen molar-refractivity contribution in [3.8, 4) is 0 Å². The second-order valence-electron chi connectivity index (χ2n) is 6.30. The van der Waals surface area contributed by atoms with Crippen molar-refractivity contribution in [1.82, 2.24) is 20.0 Å². The predicted octanol–water partition coefficient (Wildman–Crippen LogP) is 2.51. The van der Waals surface area contributed by atoms with Gasteiger partial charge in [0.25, 0.3) is 0 Å². The van der Waals surface area contributed by atoms with Crippen molar-refractivity contribution < 1.29 is 0 Å². The molecule has 4 nitrogen and oxygen atoms in total. The first-order chi connectivity index (χ1) is 9.66. The second kappa shape index (κ2) is 7.79. The van der Waals surface area contributed by atoms with E-state index in [1.807, 2.05) is 11.7 Å². The van der Waals surface area contributed by atoms with Gasteiger partial charge in [0, 0.05) is 25.4 Å². The first-order valence-corrected chi connectivity index (χ1v) is 8.12. The quantitative estimate of drug-likeness (QED) is 0.778. The van der Waals surface area contributed by atoms with Gasteiger partial charge in [-0.25, -0.2) is 0 Å². The van der Waals surface area contributed by atoms with Crippen LogP contribution in [0.3, 0.4) is 0 Å². The van der Waals surface area contributed by atoms with E-state index in [9.17, 15) is 0 Å². The summed E-state index contributed by atoms with van der Waals surface area (Å²) in [5, 5.41) is 8.12. The summed E-state index contributed by atoms with van der Waals surface area (Å²) in [5.74, 6) is 0.501. The summed E-state index contributed by atoms with van der Waals surface area (Å²) in [7, 11) is 2.01. The van der Waals surface area contributed by atoms with Gasteiger partial charge in [-0.15, -0.1) is 0 Å². The zero-order chi connectivity index (χ0) is 14.4. The van der Waals surface area contributed by atoms with Crippen molar-refractivity contribution in [2.45, 2.75) is 52.0 Å². The molecule has 0 unspecified atom stereocenters. The fraction of sp³-hybridized carbons (Fsp3) is 0.812. The van der Waals surface area contributed by atoms with E-state index in [-0.39, 0.29) is 0 Å². The Kier molecular flexibility index (Phi) is 6.05. The molecule has 0 spiro atoms. The second-order valence-corrected chi connectivity index (χ2v) is 6.30. The van der Waals surface area contributed by atoms with Crippen LogP contribution in [0.25, 0.3) is 0 Å². The minimum absolute atomic E-state index is 0.501. The zero-order valence-corrected chi connectivity index (χ0v) is 13.4. The first-order valence-electron chi connectivity index (χ1n) is 8.12. The van der Waals surface area contributed by atoms with Crippen LogP contribution in [-0.2, 0) is 13.6 Å². The maximum absolute atomic E-state index is 4.55. The van der Waals surface area contributed by atoms with Crippen LogP contribution in [0.15, 0.2) is 6.20 Å². The molecule has 0 saturated carbocycles. The fourth-order valence-corrected chi connectivity index (χ4v) is 3.01. The number of hydrogen-bond donors (Lipinski definition) is 1. The van der Waals surface area contributed by atoms with Gasteiger partial charge in [0.2, 0.25) is 0 Å². The predicted molar refractivity (Wildman–Crippen MR) is 83.9 cm³/mol. The molecule has 1 N–H and O–H groups in total. The van der Waals surface area contributed by atoms with Crippen molar-refractivity contribution in [3.63, 3.8) is 0 Å². The summed E-state index contributed by atoms with van der Waals surface area (Å²) in [5.41, 5.74) is 2.58. The summed E-state index contributed by atoms with van der Waals surface area (Å²) >= 11 is 0. The van der Waals surface area contributed by atoms with E-state index in [1.165, 1.54) is 56.6 Å². The first kappa shape index (κ1) is 15.5. The maximum atomic E-state index is 4.55. The zero-order valence-electron chi connectivity index (χ0n) is 13.4. The largest absolute Gasteiger partial charge is 0.312 e. The molecular weight excluding hydrogens is 248 g/mol. The van der Waals surface area contributed by atoms with E-state index < -0.39 is 0 Å². The average molecular weight is 278 g/mol. The van der Waals surface area contributed by atoms with Gasteiger partial charge in [-0.05, 0) is 51.4 Å². The number of likely N-dealkylation sites (tertiary alicyclic amines) is 1. The lowest BCUT2D eigenvalue weighted by molar-refractivity contribution is 0.225. The molecule has 1 fully saturated rings. The van der Waals surface area contributed by atoms with Gasteiger partial charge in [-0.2, -0.15) is 5.10 Å². The fourth-order valence-electron chi connectivity index (χ4n) is 3.01. The van der Waals surface area contributed by atoms with E-state index in [4.69, 9.17) is 0 Å². The van der Waals surface area contributed by atoms with Crippen LogP contribution in [0.2, 0.25) is 0 Å². The van der Waals surface area contributed by atoms with E-state index in [0.29, 0.717) is 5.92 Å². The highest BCUT2D eigenvalue weighted by Crippen LogP contribution is 2.16. The molecule has 0 aromatic carbocycles. The summed E-state index contributed by atoms with van der Waals surface area (Å²) < 4.78 is 1.93. The monoisotopic (exact) mass is 278 g/mol. The highest BCUT2D eigenvalue weighted by atomic mass is 15.3. The van der Waals surface area contributed by atoms with Crippen molar-refractivity contribution in [2.24, 2.45) is 7.05 Å². The van der Waals surface area contributed by atoms with Gasteiger partial charge < -0.3 is 10.2 Å². The Morgan fingerprint density at radius 2 is 2.00 bits per heavy atom. The third kappa shape index (κ3) is 4.60. The van der Waals surface area contributed by atoms with E-state index in [0.717, 1.165) is 13.1 Å². The van der Waals surface area contributed by atoms with Gasteiger partial charge in [0.15, 0.2) is 0 Å². The molecule has 2 rings (SSSR count). The lowest BCUT2D eigenvalue weighted by Crippen LogP contribution is -2.32. The van der Waals surface area contributed by atoms with Crippen LogP contribution < -0.4 is 5.32 Å². The molecule has 1 aliphatic rings. The van der Waals surface area contributed by atoms with Crippen molar-refractivity contribution in [2.75, 3.05) is 26.2 Å². The molecule has 114 valence electrons. The molecule has 0 atom stereocenters. The number of piperidine rings is 1. The number of rotatable bonds is 7. The number of nitrogens with zero attached hydrogens (tertiary/aromatic N) is 3. The molecule has 0 amide bonds. The topological polar surface area (TPSA) is 33.1 Å². The number of nitrogens with one attached hydrogen (secondary N) is 1. The molecule has 4 heteroatoms. The normalized spacial score (nSPS) is 17.0. The molecule has 20 heavy (non-hydrogen) atoms. The number of hydrogen-bond acceptors (Lipinski definition) is 3. The van der Waals surface area contributed by atoms with Gasteiger partial charge in [0.1, 0.15) is 0 Å². The van der Waals surface area contributed by atoms with Gasteiger partial charge in [-0.3, -0.25) is 4.68 Å². The van der Waals surface area contributed by atoms with Crippen molar-refractivity contribution in [1.29, 1.82) is 0 Å². The molecule has 0 aliphatic carbocycles. The molecule has 1 saturated heterocycles. The lowest BCUT2D eigenvalue weighted by atomic mass is 10.1. The van der Waals surface area contributed by atoms with Crippen LogP contribution in [0.1, 0.15) is 56.7 Å².